The van der Waals surface area contributed by atoms with Gasteiger partial charge in [-0.3, -0.25) is 5.73 Å². The Morgan fingerprint density at radius 1 is 1.60 bits per heavy atom. The maximum Gasteiger partial charge on any atom is 0.139 e. The third kappa shape index (κ3) is 2.50. The zero-order chi connectivity index (χ0) is 8.20. The number of rotatable bonds is 4. The fourth-order valence-electron chi connectivity index (χ4n) is 0.962. The van der Waals surface area contributed by atoms with Gasteiger partial charge in [0.2, 0.25) is 0 Å². The van der Waals surface area contributed by atoms with Crippen molar-refractivity contribution in [2.24, 2.45) is 5.73 Å². The first kappa shape index (κ1) is 9.66. The summed E-state index contributed by atoms with van der Waals surface area (Å²) in [6.45, 7) is 6.74. The average Bonchev–Trinajstić information content (AvgIpc) is 1.86. The molecule has 0 spiro atoms. The Morgan fingerprint density at radius 3 is 2.40 bits per heavy atom. The van der Waals surface area contributed by atoms with E-state index in [0.717, 1.165) is 17.4 Å². The minimum absolute atomic E-state index is 0.234. The van der Waals surface area contributed by atoms with Crippen LogP contribution in [0.5, 0.6) is 0 Å². The van der Waals surface area contributed by atoms with Gasteiger partial charge in [0, 0.05) is 6.42 Å². The summed E-state index contributed by atoms with van der Waals surface area (Å²) in [5, 5.41) is 0. The third-order valence-corrected chi connectivity index (χ3v) is 1.92. The summed E-state index contributed by atoms with van der Waals surface area (Å²) in [5.41, 5.74) is 5.86. The highest BCUT2D eigenvalue weighted by molar-refractivity contribution is 4.65. The molecule has 0 amide bonds. The number of quaternary nitrogens is 1. The molecule has 0 aromatic carbocycles. The van der Waals surface area contributed by atoms with E-state index in [4.69, 9.17) is 5.73 Å². The lowest BCUT2D eigenvalue weighted by Crippen LogP contribution is -2.53. The van der Waals surface area contributed by atoms with E-state index in [1.807, 2.05) is 6.08 Å². The SMILES string of the molecule is C=CC[N+](C)(C)C(N)CC. The molecule has 2 N–H and O–H groups in total. The molecule has 2 nitrogen and oxygen atoms in total. The Labute approximate surface area is 63.9 Å². The first-order chi connectivity index (χ1) is 4.54. The van der Waals surface area contributed by atoms with Crippen molar-refractivity contribution in [3.05, 3.63) is 12.7 Å². The van der Waals surface area contributed by atoms with Crippen molar-refractivity contribution in [2.45, 2.75) is 19.5 Å². The molecule has 60 valence electrons. The van der Waals surface area contributed by atoms with E-state index in [-0.39, 0.29) is 6.17 Å². The molecular formula is C8H19N2+. The van der Waals surface area contributed by atoms with E-state index < -0.39 is 0 Å². The summed E-state index contributed by atoms with van der Waals surface area (Å²) in [5.74, 6) is 0. The summed E-state index contributed by atoms with van der Waals surface area (Å²) in [6, 6.07) is 0. The van der Waals surface area contributed by atoms with Gasteiger partial charge in [0.25, 0.3) is 0 Å². The lowest BCUT2D eigenvalue weighted by atomic mass is 10.3. The van der Waals surface area contributed by atoms with Crippen LogP contribution < -0.4 is 5.73 Å². The number of nitrogens with zero attached hydrogens (tertiary/aromatic N) is 1. The molecule has 0 fully saturated rings. The molecule has 0 bridgehead atoms. The van der Waals surface area contributed by atoms with Gasteiger partial charge in [-0.25, -0.2) is 0 Å². The van der Waals surface area contributed by atoms with Gasteiger partial charge in [-0.05, 0) is 6.08 Å². The first-order valence-corrected chi connectivity index (χ1v) is 3.73. The predicted octanol–water partition coefficient (Wildman–Crippen LogP) is 0.944. The molecule has 1 unspecified atom stereocenters. The molecule has 1 atom stereocenters. The van der Waals surface area contributed by atoms with Crippen molar-refractivity contribution in [3.8, 4) is 0 Å². The van der Waals surface area contributed by atoms with Crippen LogP contribution in [0.2, 0.25) is 0 Å². The first-order valence-electron chi connectivity index (χ1n) is 3.73. The largest absolute Gasteiger partial charge is 0.311 e. The average molecular weight is 143 g/mol. The van der Waals surface area contributed by atoms with Gasteiger partial charge in [-0.15, -0.1) is 0 Å². The fraction of sp³-hybridized carbons (Fsp3) is 0.750. The molecule has 0 aliphatic carbocycles. The van der Waals surface area contributed by atoms with E-state index in [2.05, 4.69) is 27.6 Å². The van der Waals surface area contributed by atoms with E-state index in [1.54, 1.807) is 0 Å². The maximum absolute atomic E-state index is 5.86. The number of likely N-dealkylation sites (N-methyl/N-ethyl adjacent to an activating group) is 1. The highest BCUT2D eigenvalue weighted by atomic mass is 15.4. The summed E-state index contributed by atoms with van der Waals surface area (Å²) in [4.78, 5) is 0. The summed E-state index contributed by atoms with van der Waals surface area (Å²) < 4.78 is 0.833. The van der Waals surface area contributed by atoms with Gasteiger partial charge in [-0.1, -0.05) is 13.5 Å². The van der Waals surface area contributed by atoms with Crippen molar-refractivity contribution in [3.63, 3.8) is 0 Å². The minimum atomic E-state index is 0.234. The van der Waals surface area contributed by atoms with Crippen molar-refractivity contribution in [2.75, 3.05) is 20.6 Å². The van der Waals surface area contributed by atoms with Gasteiger partial charge >= 0.3 is 0 Å². The van der Waals surface area contributed by atoms with Gasteiger partial charge in [0.1, 0.15) is 6.17 Å². The fourth-order valence-corrected chi connectivity index (χ4v) is 0.962. The summed E-state index contributed by atoms with van der Waals surface area (Å²) in [7, 11) is 4.24. The second-order valence-electron chi connectivity index (χ2n) is 3.23. The van der Waals surface area contributed by atoms with Crippen molar-refractivity contribution < 1.29 is 4.48 Å². The van der Waals surface area contributed by atoms with Crippen LogP contribution in [0.3, 0.4) is 0 Å². The molecule has 0 aliphatic rings. The number of nitrogens with two attached hydrogens (primary N) is 1. The van der Waals surface area contributed by atoms with Crippen LogP contribution in [-0.4, -0.2) is 31.3 Å². The topological polar surface area (TPSA) is 26.0 Å². The summed E-state index contributed by atoms with van der Waals surface area (Å²) in [6.07, 6.45) is 3.16. The zero-order valence-corrected chi connectivity index (χ0v) is 7.30. The highest BCUT2D eigenvalue weighted by Crippen LogP contribution is 2.04. The molecular weight excluding hydrogens is 124 g/mol. The van der Waals surface area contributed by atoms with Crippen LogP contribution in [-0.2, 0) is 0 Å². The quantitative estimate of drug-likeness (QED) is 0.354. The van der Waals surface area contributed by atoms with Gasteiger partial charge < -0.3 is 4.48 Å². The van der Waals surface area contributed by atoms with Crippen LogP contribution in [0.25, 0.3) is 0 Å². The molecule has 10 heavy (non-hydrogen) atoms. The van der Waals surface area contributed by atoms with Gasteiger partial charge in [0.05, 0.1) is 20.6 Å². The Balaban J connectivity index is 3.94. The molecule has 0 radical (unpaired) electrons. The van der Waals surface area contributed by atoms with Gasteiger partial charge in [0.15, 0.2) is 0 Å². The Hall–Kier alpha value is -0.340. The third-order valence-electron chi connectivity index (χ3n) is 1.92. The van der Waals surface area contributed by atoms with Crippen molar-refractivity contribution in [1.29, 1.82) is 0 Å². The second kappa shape index (κ2) is 3.74. The highest BCUT2D eigenvalue weighted by Gasteiger charge is 2.20. The lowest BCUT2D eigenvalue weighted by molar-refractivity contribution is -0.909. The van der Waals surface area contributed by atoms with E-state index in [1.165, 1.54) is 0 Å². The molecule has 0 aliphatic heterocycles. The molecule has 0 saturated carbocycles. The van der Waals surface area contributed by atoms with E-state index >= 15 is 0 Å². The molecule has 0 rings (SSSR count). The van der Waals surface area contributed by atoms with Crippen LogP contribution in [0.1, 0.15) is 13.3 Å². The van der Waals surface area contributed by atoms with Crippen LogP contribution in [0, 0.1) is 0 Å². The number of hydrogen-bond donors (Lipinski definition) is 1. The van der Waals surface area contributed by atoms with Crippen LogP contribution in [0.4, 0.5) is 0 Å². The standard InChI is InChI=1S/C8H19N2/c1-5-7-10(3,4)8(9)6-2/h5,8H,1,6-7,9H2,2-4H3/q+1. The van der Waals surface area contributed by atoms with E-state index in [9.17, 15) is 0 Å². The van der Waals surface area contributed by atoms with Crippen molar-refractivity contribution >= 4 is 0 Å². The maximum atomic E-state index is 5.86. The monoisotopic (exact) mass is 143 g/mol. The summed E-state index contributed by atoms with van der Waals surface area (Å²) >= 11 is 0. The Kier molecular flexibility index (Phi) is 3.61. The Morgan fingerprint density at radius 2 is 2.10 bits per heavy atom. The normalized spacial score (nSPS) is 14.8. The van der Waals surface area contributed by atoms with E-state index in [0.29, 0.717) is 0 Å². The molecule has 2 heteroatoms. The second-order valence-corrected chi connectivity index (χ2v) is 3.23. The molecule has 0 saturated heterocycles. The van der Waals surface area contributed by atoms with Crippen LogP contribution >= 0.6 is 0 Å². The predicted molar refractivity (Wildman–Crippen MR) is 45.4 cm³/mol. The minimum Gasteiger partial charge on any atom is -0.311 e. The smallest absolute Gasteiger partial charge is 0.139 e. The van der Waals surface area contributed by atoms with Crippen molar-refractivity contribution in [1.82, 2.24) is 0 Å². The molecule has 0 heterocycles. The lowest BCUT2D eigenvalue weighted by Gasteiger charge is -2.34. The van der Waals surface area contributed by atoms with Gasteiger partial charge in [-0.2, -0.15) is 0 Å². The zero-order valence-electron chi connectivity index (χ0n) is 7.30. The van der Waals surface area contributed by atoms with Crippen LogP contribution in [0.15, 0.2) is 12.7 Å². The Bertz CT molecular complexity index is 108. The number of hydrogen-bond acceptors (Lipinski definition) is 1. The molecule has 0 aromatic rings. The molecule has 0 aromatic heterocycles.